The Bertz CT molecular complexity index is 1150. The lowest BCUT2D eigenvalue weighted by Gasteiger charge is -2.07. The first kappa shape index (κ1) is 16.6. The van der Waals surface area contributed by atoms with Gasteiger partial charge in [-0.15, -0.1) is 0 Å². The van der Waals surface area contributed by atoms with Crippen molar-refractivity contribution in [3.8, 4) is 34.4 Å². The molecule has 0 unspecified atom stereocenters. The molecule has 0 aliphatic heterocycles. The molecule has 0 aliphatic rings. The summed E-state index contributed by atoms with van der Waals surface area (Å²) in [6.07, 6.45) is 1.54. The Morgan fingerprint density at radius 1 is 1.11 bits per heavy atom. The van der Waals surface area contributed by atoms with Gasteiger partial charge in [-0.3, -0.25) is 4.79 Å². The first-order valence-corrected chi connectivity index (χ1v) is 7.98. The Hall–Kier alpha value is -3.81. The van der Waals surface area contributed by atoms with Crippen molar-refractivity contribution in [1.29, 1.82) is 0 Å². The maximum absolute atomic E-state index is 13.1. The number of rotatable bonds is 4. The van der Waals surface area contributed by atoms with Crippen LogP contribution in [-0.2, 0) is 0 Å². The molecule has 0 N–H and O–H groups in total. The van der Waals surface area contributed by atoms with E-state index in [4.69, 9.17) is 9.26 Å². The molecule has 0 bridgehead atoms. The number of aromatic nitrogens is 4. The van der Waals surface area contributed by atoms with E-state index in [1.165, 1.54) is 41.2 Å². The fraction of sp³-hybridized carbons (Fsp3) is 0.0526. The minimum Gasteiger partial charge on any atom is -0.497 e. The van der Waals surface area contributed by atoms with Gasteiger partial charge in [-0.1, -0.05) is 11.2 Å². The molecule has 2 aromatic carbocycles. The standard InChI is InChI=1S/C19H13FN4O3/c1-26-15-4-2-3-14(11-15)24-10-9-16(25)17(22-24)19-21-18(23-27-19)12-5-7-13(20)8-6-12/h2-11H,1H3. The third-order valence-electron chi connectivity index (χ3n) is 3.86. The Morgan fingerprint density at radius 2 is 1.93 bits per heavy atom. The quantitative estimate of drug-likeness (QED) is 0.553. The molecule has 0 spiro atoms. The molecule has 134 valence electrons. The lowest BCUT2D eigenvalue weighted by molar-refractivity contribution is 0.414. The zero-order chi connectivity index (χ0) is 18.8. The highest BCUT2D eigenvalue weighted by molar-refractivity contribution is 5.57. The van der Waals surface area contributed by atoms with Gasteiger partial charge in [-0.2, -0.15) is 10.1 Å². The maximum Gasteiger partial charge on any atom is 0.282 e. The second kappa shape index (κ2) is 6.83. The second-order valence-corrected chi connectivity index (χ2v) is 5.60. The summed E-state index contributed by atoms with van der Waals surface area (Å²) < 4.78 is 25.0. The zero-order valence-electron chi connectivity index (χ0n) is 14.2. The number of methoxy groups -OCH3 is 1. The van der Waals surface area contributed by atoms with Crippen molar-refractivity contribution in [2.24, 2.45) is 0 Å². The summed E-state index contributed by atoms with van der Waals surface area (Å²) in [7, 11) is 1.57. The van der Waals surface area contributed by atoms with Crippen LogP contribution in [0.25, 0.3) is 28.7 Å². The van der Waals surface area contributed by atoms with Crippen LogP contribution in [0.15, 0.2) is 70.1 Å². The van der Waals surface area contributed by atoms with Crippen molar-refractivity contribution in [3.63, 3.8) is 0 Å². The van der Waals surface area contributed by atoms with Crippen LogP contribution in [0.4, 0.5) is 4.39 Å². The molecule has 2 heterocycles. The van der Waals surface area contributed by atoms with Crippen molar-refractivity contribution in [3.05, 3.63) is 76.8 Å². The molecule has 4 aromatic rings. The van der Waals surface area contributed by atoms with E-state index < -0.39 is 0 Å². The predicted octanol–water partition coefficient (Wildman–Crippen LogP) is 3.10. The van der Waals surface area contributed by atoms with E-state index in [0.29, 0.717) is 17.0 Å². The van der Waals surface area contributed by atoms with E-state index >= 15 is 0 Å². The molecule has 0 atom stereocenters. The Kier molecular flexibility index (Phi) is 4.21. The van der Waals surface area contributed by atoms with Crippen LogP contribution in [0.2, 0.25) is 0 Å². The van der Waals surface area contributed by atoms with E-state index in [0.717, 1.165) is 0 Å². The van der Waals surface area contributed by atoms with Crippen molar-refractivity contribution in [2.75, 3.05) is 7.11 Å². The van der Waals surface area contributed by atoms with Crippen molar-refractivity contribution < 1.29 is 13.7 Å². The van der Waals surface area contributed by atoms with Gasteiger partial charge in [-0.25, -0.2) is 9.07 Å². The van der Waals surface area contributed by atoms with Gasteiger partial charge in [0.25, 0.3) is 5.89 Å². The summed E-state index contributed by atoms with van der Waals surface area (Å²) in [6, 6.07) is 14.2. The summed E-state index contributed by atoms with van der Waals surface area (Å²) in [5.74, 6) is 0.513. The molecular formula is C19H13FN4O3. The van der Waals surface area contributed by atoms with Gasteiger partial charge in [0.05, 0.1) is 12.8 Å². The lowest BCUT2D eigenvalue weighted by atomic mass is 10.2. The minimum atomic E-state index is -0.367. The van der Waals surface area contributed by atoms with Crippen molar-refractivity contribution >= 4 is 0 Å². The summed E-state index contributed by atoms with van der Waals surface area (Å²) in [5.41, 5.74) is 0.925. The highest BCUT2D eigenvalue weighted by Crippen LogP contribution is 2.20. The molecule has 2 aromatic heterocycles. The van der Waals surface area contributed by atoms with E-state index in [2.05, 4.69) is 15.2 Å². The van der Waals surface area contributed by atoms with E-state index in [-0.39, 0.29) is 28.7 Å². The van der Waals surface area contributed by atoms with E-state index in [1.54, 1.807) is 19.2 Å². The first-order chi connectivity index (χ1) is 13.1. The molecule has 27 heavy (non-hydrogen) atoms. The van der Waals surface area contributed by atoms with Crippen molar-refractivity contribution in [1.82, 2.24) is 19.9 Å². The SMILES string of the molecule is COc1cccc(-n2ccc(=O)c(-c3nc(-c4ccc(F)cc4)no3)n2)c1. The highest BCUT2D eigenvalue weighted by atomic mass is 19.1. The van der Waals surface area contributed by atoms with Crippen LogP contribution < -0.4 is 10.2 Å². The van der Waals surface area contributed by atoms with Crippen LogP contribution in [0.1, 0.15) is 0 Å². The zero-order valence-corrected chi connectivity index (χ0v) is 14.2. The third-order valence-corrected chi connectivity index (χ3v) is 3.86. The number of ether oxygens (including phenoxy) is 1. The Labute approximate surface area is 152 Å². The summed E-state index contributed by atoms with van der Waals surface area (Å²) in [4.78, 5) is 16.4. The van der Waals surface area contributed by atoms with Gasteiger partial charge in [0, 0.05) is 23.9 Å². The van der Waals surface area contributed by atoms with Gasteiger partial charge in [0.1, 0.15) is 11.6 Å². The number of halogens is 1. The third kappa shape index (κ3) is 3.32. The molecule has 0 saturated carbocycles. The van der Waals surface area contributed by atoms with E-state index in [9.17, 15) is 9.18 Å². The fourth-order valence-corrected chi connectivity index (χ4v) is 2.49. The maximum atomic E-state index is 13.1. The Morgan fingerprint density at radius 3 is 2.70 bits per heavy atom. The predicted molar refractivity (Wildman–Crippen MR) is 95.1 cm³/mol. The van der Waals surface area contributed by atoms with Crippen LogP contribution in [0.5, 0.6) is 5.75 Å². The van der Waals surface area contributed by atoms with Crippen molar-refractivity contribution in [2.45, 2.75) is 0 Å². The lowest BCUT2D eigenvalue weighted by Crippen LogP contribution is -2.12. The topological polar surface area (TPSA) is 83.0 Å². The van der Waals surface area contributed by atoms with Gasteiger partial charge < -0.3 is 9.26 Å². The van der Waals surface area contributed by atoms with Gasteiger partial charge in [0.15, 0.2) is 5.69 Å². The summed E-state index contributed by atoms with van der Waals surface area (Å²) >= 11 is 0. The average Bonchev–Trinajstić information content (AvgIpc) is 3.19. The van der Waals surface area contributed by atoms with Crippen LogP contribution in [-0.4, -0.2) is 27.0 Å². The van der Waals surface area contributed by atoms with Crippen LogP contribution >= 0.6 is 0 Å². The highest BCUT2D eigenvalue weighted by Gasteiger charge is 2.16. The van der Waals surface area contributed by atoms with E-state index in [1.807, 2.05) is 12.1 Å². The molecule has 4 rings (SSSR count). The van der Waals surface area contributed by atoms with Gasteiger partial charge in [0.2, 0.25) is 11.3 Å². The van der Waals surface area contributed by atoms with Crippen LogP contribution in [0, 0.1) is 5.82 Å². The molecule has 0 amide bonds. The molecule has 0 saturated heterocycles. The molecule has 8 heteroatoms. The van der Waals surface area contributed by atoms with Gasteiger partial charge >= 0.3 is 0 Å². The monoisotopic (exact) mass is 364 g/mol. The normalized spacial score (nSPS) is 10.7. The Balaban J connectivity index is 1.74. The average molecular weight is 364 g/mol. The summed E-state index contributed by atoms with van der Waals surface area (Å²) in [6.45, 7) is 0. The number of hydrogen-bond acceptors (Lipinski definition) is 6. The molecule has 0 fully saturated rings. The number of benzene rings is 2. The minimum absolute atomic E-state index is 0.0150. The molecular weight excluding hydrogens is 351 g/mol. The van der Waals surface area contributed by atoms with Gasteiger partial charge in [-0.05, 0) is 36.4 Å². The molecule has 0 radical (unpaired) electrons. The number of hydrogen-bond donors (Lipinski definition) is 0. The fourth-order valence-electron chi connectivity index (χ4n) is 2.49. The molecule has 0 aliphatic carbocycles. The largest absolute Gasteiger partial charge is 0.497 e. The second-order valence-electron chi connectivity index (χ2n) is 5.60. The van der Waals surface area contributed by atoms with Crippen LogP contribution in [0.3, 0.4) is 0 Å². The number of nitrogens with zero attached hydrogens (tertiary/aromatic N) is 4. The molecule has 7 nitrogen and oxygen atoms in total. The first-order valence-electron chi connectivity index (χ1n) is 7.98. The summed E-state index contributed by atoms with van der Waals surface area (Å²) in [5, 5.41) is 8.15. The smallest absolute Gasteiger partial charge is 0.282 e.